The van der Waals surface area contributed by atoms with Gasteiger partial charge in [-0.3, -0.25) is 4.99 Å². The molecular formula is C23H30F3N3O2. The Hall–Kier alpha value is -2.74. The van der Waals surface area contributed by atoms with Crippen LogP contribution in [0.25, 0.3) is 0 Å². The average molecular weight is 438 g/mol. The number of hydrogen-bond acceptors (Lipinski definition) is 5. The van der Waals surface area contributed by atoms with Crippen LogP contribution in [0.1, 0.15) is 39.7 Å². The van der Waals surface area contributed by atoms with Crippen molar-refractivity contribution in [2.75, 3.05) is 19.0 Å². The number of methoxy groups -OCH3 is 1. The fourth-order valence-electron chi connectivity index (χ4n) is 3.39. The first kappa shape index (κ1) is 24.5. The summed E-state index contributed by atoms with van der Waals surface area (Å²) in [6, 6.07) is 4.21. The fraction of sp³-hybridized carbons (Fsp3) is 0.435. The summed E-state index contributed by atoms with van der Waals surface area (Å²) < 4.78 is 52.9. The molecule has 0 saturated carbocycles. The zero-order chi connectivity index (χ0) is 23.2. The van der Waals surface area contributed by atoms with Gasteiger partial charge in [0.2, 0.25) is 0 Å². The number of nitrogens with one attached hydrogen (secondary N) is 1. The van der Waals surface area contributed by atoms with Crippen LogP contribution < -0.4 is 11.1 Å². The zero-order valence-corrected chi connectivity index (χ0v) is 18.5. The molecule has 5 nitrogen and oxygen atoms in total. The number of aliphatic imine (C=N–C) groups is 1. The van der Waals surface area contributed by atoms with Crippen LogP contribution in [-0.2, 0) is 15.0 Å². The van der Waals surface area contributed by atoms with Gasteiger partial charge in [-0.25, -0.2) is 13.2 Å². The number of anilines is 1. The lowest BCUT2D eigenvalue weighted by atomic mass is 9.85. The van der Waals surface area contributed by atoms with E-state index in [1.165, 1.54) is 25.1 Å². The van der Waals surface area contributed by atoms with Crippen LogP contribution in [0.4, 0.5) is 18.9 Å². The van der Waals surface area contributed by atoms with Gasteiger partial charge < -0.3 is 20.5 Å². The third kappa shape index (κ3) is 5.50. The topological polar surface area (TPSA) is 68.9 Å². The van der Waals surface area contributed by atoms with Crippen LogP contribution in [0.5, 0.6) is 0 Å². The number of rotatable bonds is 8. The second kappa shape index (κ2) is 10.5. The maximum atomic E-state index is 14.8. The molecule has 1 aliphatic heterocycles. The number of alkyl halides is 2. The van der Waals surface area contributed by atoms with Gasteiger partial charge in [-0.05, 0) is 57.0 Å². The molecule has 0 spiro atoms. The normalized spacial score (nSPS) is 23.1. The molecule has 0 radical (unpaired) electrons. The molecule has 0 saturated heterocycles. The van der Waals surface area contributed by atoms with E-state index in [-0.39, 0.29) is 18.0 Å². The molecule has 31 heavy (non-hydrogen) atoms. The number of halogens is 3. The van der Waals surface area contributed by atoms with Gasteiger partial charge in [0.15, 0.2) is 0 Å². The highest BCUT2D eigenvalue weighted by Gasteiger charge is 2.46. The minimum absolute atomic E-state index is 0.0321. The van der Waals surface area contributed by atoms with Gasteiger partial charge in [-0.2, -0.15) is 0 Å². The lowest BCUT2D eigenvalue weighted by molar-refractivity contribution is -0.0883. The monoisotopic (exact) mass is 437 g/mol. The van der Waals surface area contributed by atoms with E-state index >= 15 is 0 Å². The Morgan fingerprint density at radius 2 is 2.16 bits per heavy atom. The van der Waals surface area contributed by atoms with E-state index < -0.39 is 23.9 Å². The maximum absolute atomic E-state index is 14.8. The molecule has 3 N–H and O–H groups in total. The molecular weight excluding hydrogens is 407 g/mol. The standard InChI is InChI=1S/C23H30F3N3O2/c1-6-8-9-18(30-5)20(14(3)7-2)28-15-10-11-17(24)16(12-15)23(4)21(22(25)26)31-13-19(27)29-23/h6,8-12,21-22,28H,7,13H2,1-5H3,(H2,27,29)/b8-6-,18-9+,20-14-. The molecule has 0 amide bonds. The number of ether oxygens (including phenoxy) is 2. The van der Waals surface area contributed by atoms with Crippen molar-refractivity contribution in [2.45, 2.75) is 52.2 Å². The summed E-state index contributed by atoms with van der Waals surface area (Å²) in [5.41, 5.74) is 6.25. The summed E-state index contributed by atoms with van der Waals surface area (Å²) in [7, 11) is 1.56. The minimum Gasteiger partial charge on any atom is -0.495 e. The van der Waals surface area contributed by atoms with E-state index in [1.54, 1.807) is 13.2 Å². The second-order valence-corrected chi connectivity index (χ2v) is 7.41. The van der Waals surface area contributed by atoms with Crippen molar-refractivity contribution >= 4 is 11.5 Å². The van der Waals surface area contributed by atoms with Gasteiger partial charge in [-0.1, -0.05) is 19.1 Å². The number of amidine groups is 1. The Morgan fingerprint density at radius 3 is 2.74 bits per heavy atom. The SMILES string of the molecule is C\C=C/C=C(OC)\C(Nc1ccc(F)c(C2(C)N=C(N)COC2C(F)F)c1)=C(/C)CC. The Kier molecular flexibility index (Phi) is 8.33. The van der Waals surface area contributed by atoms with Crippen molar-refractivity contribution in [3.8, 4) is 0 Å². The van der Waals surface area contributed by atoms with Gasteiger partial charge in [0.25, 0.3) is 6.43 Å². The lowest BCUT2D eigenvalue weighted by Crippen LogP contribution is -2.49. The highest BCUT2D eigenvalue weighted by atomic mass is 19.3. The summed E-state index contributed by atoms with van der Waals surface area (Å²) in [6.07, 6.45) is 1.77. The summed E-state index contributed by atoms with van der Waals surface area (Å²) in [6.45, 7) is 7.01. The Labute approximate surface area is 181 Å². The highest BCUT2D eigenvalue weighted by Crippen LogP contribution is 2.39. The van der Waals surface area contributed by atoms with E-state index in [9.17, 15) is 13.2 Å². The average Bonchev–Trinajstić information content (AvgIpc) is 2.73. The lowest BCUT2D eigenvalue weighted by Gasteiger charge is -2.38. The van der Waals surface area contributed by atoms with Crippen molar-refractivity contribution in [1.29, 1.82) is 0 Å². The van der Waals surface area contributed by atoms with Crippen molar-refractivity contribution in [3.63, 3.8) is 0 Å². The van der Waals surface area contributed by atoms with Crippen LogP contribution in [0.3, 0.4) is 0 Å². The van der Waals surface area contributed by atoms with Gasteiger partial charge >= 0.3 is 0 Å². The van der Waals surface area contributed by atoms with Crippen LogP contribution in [0.2, 0.25) is 0 Å². The Balaban J connectivity index is 2.56. The van der Waals surface area contributed by atoms with E-state index in [4.69, 9.17) is 15.2 Å². The summed E-state index contributed by atoms with van der Waals surface area (Å²) >= 11 is 0. The first-order chi connectivity index (χ1) is 14.7. The van der Waals surface area contributed by atoms with E-state index in [0.717, 1.165) is 12.0 Å². The molecule has 1 aliphatic rings. The maximum Gasteiger partial charge on any atom is 0.267 e. The molecule has 8 heteroatoms. The van der Waals surface area contributed by atoms with Crippen molar-refractivity contribution in [3.05, 3.63) is 64.8 Å². The van der Waals surface area contributed by atoms with Crippen molar-refractivity contribution in [2.24, 2.45) is 10.7 Å². The van der Waals surface area contributed by atoms with Gasteiger partial charge in [0, 0.05) is 11.3 Å². The molecule has 0 bridgehead atoms. The predicted octanol–water partition coefficient (Wildman–Crippen LogP) is 5.26. The van der Waals surface area contributed by atoms with Crippen LogP contribution in [-0.4, -0.2) is 32.1 Å². The van der Waals surface area contributed by atoms with Crippen molar-refractivity contribution in [1.82, 2.24) is 0 Å². The van der Waals surface area contributed by atoms with Gasteiger partial charge in [-0.15, -0.1) is 0 Å². The van der Waals surface area contributed by atoms with E-state index in [0.29, 0.717) is 17.1 Å². The molecule has 0 fully saturated rings. The third-order valence-electron chi connectivity index (χ3n) is 5.21. The quantitative estimate of drug-likeness (QED) is 0.430. The van der Waals surface area contributed by atoms with E-state index in [1.807, 2.05) is 32.9 Å². The number of nitrogens with zero attached hydrogens (tertiary/aromatic N) is 1. The third-order valence-corrected chi connectivity index (χ3v) is 5.21. The van der Waals surface area contributed by atoms with E-state index in [2.05, 4.69) is 10.3 Å². The van der Waals surface area contributed by atoms with Crippen molar-refractivity contribution < 1.29 is 22.6 Å². The molecule has 2 rings (SSSR count). The van der Waals surface area contributed by atoms with Gasteiger partial charge in [0.1, 0.15) is 35.7 Å². The molecule has 2 atom stereocenters. The summed E-state index contributed by atoms with van der Waals surface area (Å²) in [5, 5.41) is 3.25. The summed E-state index contributed by atoms with van der Waals surface area (Å²) in [5.74, 6) is -0.0475. The number of benzene rings is 1. The highest BCUT2D eigenvalue weighted by molar-refractivity contribution is 5.83. The summed E-state index contributed by atoms with van der Waals surface area (Å²) in [4.78, 5) is 4.18. The largest absolute Gasteiger partial charge is 0.495 e. The smallest absolute Gasteiger partial charge is 0.267 e. The number of allylic oxidation sites excluding steroid dienone is 4. The second-order valence-electron chi connectivity index (χ2n) is 7.41. The molecule has 0 aromatic heterocycles. The predicted molar refractivity (Wildman–Crippen MR) is 118 cm³/mol. The molecule has 1 heterocycles. The van der Waals surface area contributed by atoms with Crippen LogP contribution >= 0.6 is 0 Å². The van der Waals surface area contributed by atoms with Gasteiger partial charge in [0.05, 0.1) is 12.8 Å². The number of nitrogens with two attached hydrogens (primary N) is 1. The van der Waals surface area contributed by atoms with Crippen LogP contribution in [0.15, 0.2) is 58.4 Å². The molecule has 0 aliphatic carbocycles. The fourth-order valence-corrected chi connectivity index (χ4v) is 3.39. The Bertz CT molecular complexity index is 909. The zero-order valence-electron chi connectivity index (χ0n) is 18.5. The molecule has 170 valence electrons. The Morgan fingerprint density at radius 1 is 1.45 bits per heavy atom. The number of hydrogen-bond donors (Lipinski definition) is 2. The molecule has 1 aromatic carbocycles. The first-order valence-corrected chi connectivity index (χ1v) is 10.1. The van der Waals surface area contributed by atoms with Crippen LogP contribution in [0, 0.1) is 5.82 Å². The molecule has 1 aromatic rings. The molecule has 2 unspecified atom stereocenters. The first-order valence-electron chi connectivity index (χ1n) is 10.1. The minimum atomic E-state index is -2.86.